The van der Waals surface area contributed by atoms with Gasteiger partial charge < -0.3 is 4.74 Å². The number of hydrogen-bond acceptors (Lipinski definition) is 2. The normalized spacial score (nSPS) is 10.7. The summed E-state index contributed by atoms with van der Waals surface area (Å²) < 4.78 is 5.82. The highest BCUT2D eigenvalue weighted by molar-refractivity contribution is 8.00. The molecule has 0 aliphatic carbocycles. The van der Waals surface area contributed by atoms with Gasteiger partial charge in [-0.25, -0.2) is 0 Å². The van der Waals surface area contributed by atoms with Gasteiger partial charge in [-0.3, -0.25) is 0 Å². The van der Waals surface area contributed by atoms with Crippen molar-refractivity contribution in [2.24, 2.45) is 0 Å². The Labute approximate surface area is 120 Å². The van der Waals surface area contributed by atoms with E-state index >= 15 is 0 Å². The first kappa shape index (κ1) is 14.0. The molecule has 2 aromatic carbocycles. The minimum Gasteiger partial charge on any atom is -0.489 e. The smallest absolute Gasteiger partial charge is 0.120 e. The molecule has 0 radical (unpaired) electrons. The molecule has 0 fully saturated rings. The van der Waals surface area contributed by atoms with Crippen LogP contribution in [0.3, 0.4) is 0 Å². The molecular formula is C17H20OS. The molecule has 1 nitrogen and oxygen atoms in total. The molecule has 0 saturated carbocycles. The number of ether oxygens (including phenoxy) is 1. The average Bonchev–Trinajstić information content (AvgIpc) is 2.40. The van der Waals surface area contributed by atoms with Gasteiger partial charge in [-0.05, 0) is 36.2 Å². The van der Waals surface area contributed by atoms with Crippen LogP contribution in [0.2, 0.25) is 0 Å². The Balaban J connectivity index is 2.00. The van der Waals surface area contributed by atoms with Gasteiger partial charge in [-0.1, -0.05) is 44.2 Å². The van der Waals surface area contributed by atoms with Crippen LogP contribution in [0.1, 0.15) is 25.0 Å². The van der Waals surface area contributed by atoms with Crippen LogP contribution in [-0.4, -0.2) is 5.25 Å². The lowest BCUT2D eigenvalue weighted by atomic mass is 10.2. The summed E-state index contributed by atoms with van der Waals surface area (Å²) in [5.74, 6) is 0.939. The fraction of sp³-hybridized carbons (Fsp3) is 0.294. The van der Waals surface area contributed by atoms with Crippen LogP contribution in [-0.2, 0) is 6.61 Å². The van der Waals surface area contributed by atoms with E-state index in [4.69, 9.17) is 4.74 Å². The van der Waals surface area contributed by atoms with Crippen molar-refractivity contribution in [3.63, 3.8) is 0 Å². The first-order chi connectivity index (χ1) is 9.15. The highest BCUT2D eigenvalue weighted by Crippen LogP contribution is 2.29. The summed E-state index contributed by atoms with van der Waals surface area (Å²) in [4.78, 5) is 1.34. The van der Waals surface area contributed by atoms with Gasteiger partial charge in [0, 0.05) is 10.1 Å². The SMILES string of the molecule is Cc1cc(OCc2ccccc2)ccc1SC(C)C. The molecule has 0 saturated heterocycles. The fourth-order valence-corrected chi connectivity index (χ4v) is 2.74. The topological polar surface area (TPSA) is 9.23 Å². The van der Waals surface area contributed by atoms with Crippen LogP contribution in [0.5, 0.6) is 5.75 Å². The molecule has 19 heavy (non-hydrogen) atoms. The van der Waals surface area contributed by atoms with Crippen LogP contribution in [0.25, 0.3) is 0 Å². The van der Waals surface area contributed by atoms with Crippen molar-refractivity contribution < 1.29 is 4.74 Å². The van der Waals surface area contributed by atoms with Crippen molar-refractivity contribution in [2.45, 2.75) is 37.5 Å². The third-order valence-corrected chi connectivity index (χ3v) is 3.94. The second kappa shape index (κ2) is 6.67. The number of thioether (sulfide) groups is 1. The molecule has 2 rings (SSSR count). The quantitative estimate of drug-likeness (QED) is 0.702. The number of aryl methyl sites for hydroxylation is 1. The van der Waals surface area contributed by atoms with Crippen LogP contribution in [0.15, 0.2) is 53.4 Å². The predicted octanol–water partition coefficient (Wildman–Crippen LogP) is 5.07. The lowest BCUT2D eigenvalue weighted by Gasteiger charge is -2.11. The van der Waals surface area contributed by atoms with E-state index in [1.165, 1.54) is 16.0 Å². The zero-order valence-electron chi connectivity index (χ0n) is 11.7. The zero-order valence-corrected chi connectivity index (χ0v) is 12.5. The number of benzene rings is 2. The fourth-order valence-electron chi connectivity index (χ4n) is 1.84. The highest BCUT2D eigenvalue weighted by atomic mass is 32.2. The summed E-state index contributed by atoms with van der Waals surface area (Å²) in [6, 6.07) is 16.6. The van der Waals surface area contributed by atoms with Gasteiger partial charge in [0.25, 0.3) is 0 Å². The second-order valence-electron chi connectivity index (χ2n) is 4.87. The molecule has 0 aliphatic heterocycles. The Bertz CT molecular complexity index is 520. The van der Waals surface area contributed by atoms with Crippen LogP contribution in [0, 0.1) is 6.92 Å². The lowest BCUT2D eigenvalue weighted by Crippen LogP contribution is -1.96. The first-order valence-corrected chi connectivity index (χ1v) is 7.47. The van der Waals surface area contributed by atoms with Gasteiger partial charge in [-0.15, -0.1) is 11.8 Å². The Kier molecular flexibility index (Phi) is 4.92. The van der Waals surface area contributed by atoms with Crippen molar-refractivity contribution in [1.82, 2.24) is 0 Å². The minimum absolute atomic E-state index is 0.606. The maximum Gasteiger partial charge on any atom is 0.120 e. The Morgan fingerprint density at radius 2 is 1.79 bits per heavy atom. The Morgan fingerprint density at radius 3 is 2.42 bits per heavy atom. The van der Waals surface area contributed by atoms with Crippen molar-refractivity contribution in [2.75, 3.05) is 0 Å². The first-order valence-electron chi connectivity index (χ1n) is 6.59. The summed E-state index contributed by atoms with van der Waals surface area (Å²) in [6.07, 6.45) is 0. The highest BCUT2D eigenvalue weighted by Gasteiger charge is 2.04. The van der Waals surface area contributed by atoms with Crippen molar-refractivity contribution in [3.05, 3.63) is 59.7 Å². The van der Waals surface area contributed by atoms with Gasteiger partial charge in [0.2, 0.25) is 0 Å². The number of rotatable bonds is 5. The lowest BCUT2D eigenvalue weighted by molar-refractivity contribution is 0.306. The van der Waals surface area contributed by atoms with Crippen molar-refractivity contribution >= 4 is 11.8 Å². The molecule has 100 valence electrons. The van der Waals surface area contributed by atoms with E-state index in [0.29, 0.717) is 11.9 Å². The van der Waals surface area contributed by atoms with E-state index in [1.54, 1.807) is 0 Å². The Hall–Kier alpha value is -1.41. The zero-order chi connectivity index (χ0) is 13.7. The van der Waals surface area contributed by atoms with Crippen molar-refractivity contribution in [3.8, 4) is 5.75 Å². The molecule has 0 heterocycles. The minimum atomic E-state index is 0.606. The summed E-state index contributed by atoms with van der Waals surface area (Å²) in [7, 11) is 0. The van der Waals surface area contributed by atoms with Crippen molar-refractivity contribution in [1.29, 1.82) is 0 Å². The maximum absolute atomic E-state index is 5.82. The Morgan fingerprint density at radius 1 is 1.05 bits per heavy atom. The summed E-state index contributed by atoms with van der Waals surface area (Å²) in [5.41, 5.74) is 2.48. The molecule has 0 bridgehead atoms. The van der Waals surface area contributed by atoms with Gasteiger partial charge in [0.1, 0.15) is 12.4 Å². The summed E-state index contributed by atoms with van der Waals surface area (Å²) in [6.45, 7) is 7.19. The van der Waals surface area contributed by atoms with E-state index in [0.717, 1.165) is 5.75 Å². The maximum atomic E-state index is 5.82. The number of hydrogen-bond donors (Lipinski definition) is 0. The van der Waals surface area contributed by atoms with E-state index in [9.17, 15) is 0 Å². The molecule has 2 heteroatoms. The van der Waals surface area contributed by atoms with Crippen LogP contribution in [0.4, 0.5) is 0 Å². The third kappa shape index (κ3) is 4.32. The molecular weight excluding hydrogens is 252 g/mol. The van der Waals surface area contributed by atoms with E-state index < -0.39 is 0 Å². The summed E-state index contributed by atoms with van der Waals surface area (Å²) in [5, 5.41) is 0.606. The van der Waals surface area contributed by atoms with Gasteiger partial charge >= 0.3 is 0 Å². The van der Waals surface area contributed by atoms with Crippen LogP contribution >= 0.6 is 11.8 Å². The molecule has 2 aromatic rings. The monoisotopic (exact) mass is 272 g/mol. The molecule has 0 N–H and O–H groups in total. The van der Waals surface area contributed by atoms with Gasteiger partial charge in [-0.2, -0.15) is 0 Å². The molecule has 0 unspecified atom stereocenters. The molecule has 0 spiro atoms. The summed E-state index contributed by atoms with van der Waals surface area (Å²) >= 11 is 1.89. The van der Waals surface area contributed by atoms with Crippen LogP contribution < -0.4 is 4.74 Å². The molecule has 0 aromatic heterocycles. The van der Waals surface area contributed by atoms with E-state index in [2.05, 4.69) is 51.1 Å². The van der Waals surface area contributed by atoms with E-state index in [1.807, 2.05) is 30.0 Å². The standard InChI is InChI=1S/C17H20OS/c1-13(2)19-17-10-9-16(11-14(17)3)18-12-15-7-5-4-6-8-15/h4-11,13H,12H2,1-3H3. The van der Waals surface area contributed by atoms with Gasteiger partial charge in [0.15, 0.2) is 0 Å². The van der Waals surface area contributed by atoms with Gasteiger partial charge in [0.05, 0.1) is 0 Å². The average molecular weight is 272 g/mol. The predicted molar refractivity (Wildman–Crippen MR) is 82.9 cm³/mol. The second-order valence-corrected chi connectivity index (χ2v) is 6.49. The third-order valence-electron chi connectivity index (χ3n) is 2.76. The molecule has 0 atom stereocenters. The van der Waals surface area contributed by atoms with E-state index in [-0.39, 0.29) is 0 Å². The molecule has 0 aliphatic rings. The largest absolute Gasteiger partial charge is 0.489 e. The molecule has 0 amide bonds.